The fraction of sp³-hybridized carbons (Fsp3) is 1.00. The van der Waals surface area contributed by atoms with Gasteiger partial charge in [-0.25, -0.2) is 9.29 Å². The number of alkyl halides is 3. The topological polar surface area (TPSA) is 3.24 Å². The lowest BCUT2D eigenvalue weighted by Gasteiger charge is -2.07. The van der Waals surface area contributed by atoms with Crippen LogP contribution in [0.1, 0.15) is 0 Å². The molecule has 0 amide bonds. The molecule has 1 nitrogen and oxygen atoms in total. The van der Waals surface area contributed by atoms with Crippen LogP contribution in [0.3, 0.4) is 0 Å². The van der Waals surface area contributed by atoms with Crippen LogP contribution in [0.15, 0.2) is 0 Å². The van der Waals surface area contributed by atoms with Gasteiger partial charge in [-0.1, -0.05) is 0 Å². The van der Waals surface area contributed by atoms with Crippen LogP contribution < -0.4 is 0 Å². The van der Waals surface area contributed by atoms with Gasteiger partial charge in [-0.15, -0.1) is 0 Å². The Balaban J connectivity index is 3.14. The van der Waals surface area contributed by atoms with Gasteiger partial charge in [0.15, 0.2) is 0 Å². The molecule has 0 radical (unpaired) electrons. The van der Waals surface area contributed by atoms with Crippen molar-refractivity contribution in [1.82, 2.24) is 4.90 Å². The second-order valence-corrected chi connectivity index (χ2v) is 1.15. The first-order valence-corrected chi connectivity index (χ1v) is 1.73. The highest BCUT2D eigenvalue weighted by atomic mass is 19.3. The van der Waals surface area contributed by atoms with Gasteiger partial charge in [0.1, 0.15) is 6.80 Å². The van der Waals surface area contributed by atoms with Crippen LogP contribution in [0.5, 0.6) is 0 Å². The average molecular weight is 113 g/mol. The Morgan fingerprint density at radius 1 is 1.57 bits per heavy atom. The van der Waals surface area contributed by atoms with E-state index in [-0.39, 0.29) is 0 Å². The lowest BCUT2D eigenvalue weighted by molar-refractivity contribution is -0.0316. The molecule has 0 bridgehead atoms. The van der Waals surface area contributed by atoms with Gasteiger partial charge in [-0.3, -0.25) is 0 Å². The van der Waals surface area contributed by atoms with E-state index in [0.717, 1.165) is 7.05 Å². The monoisotopic (exact) mass is 113 g/mol. The van der Waals surface area contributed by atoms with E-state index in [0.29, 0.717) is 4.90 Å². The lowest BCUT2D eigenvalue weighted by Crippen LogP contribution is -2.22. The molecule has 0 fully saturated rings. The summed E-state index contributed by atoms with van der Waals surface area (Å²) in [6, 6.07) is 0. The highest BCUT2D eigenvalue weighted by molar-refractivity contribution is 4.32. The van der Waals surface area contributed by atoms with Crippen molar-refractivity contribution in [3.05, 3.63) is 0 Å². The third-order valence-electron chi connectivity index (χ3n) is 0.522. The Morgan fingerprint density at radius 3 is 2.00 bits per heavy atom. The highest BCUT2D eigenvalue weighted by Gasteiger charge is 2.07. The maximum absolute atomic E-state index is 11.1. The minimum atomic E-state index is -2.68. The summed E-state index contributed by atoms with van der Waals surface area (Å²) >= 11 is 0. The molecule has 0 aliphatic heterocycles. The molecule has 0 saturated heterocycles. The molecule has 0 N–H and O–H groups in total. The zero-order valence-electron chi connectivity index (χ0n) is 3.87. The Kier molecular flexibility index (Phi) is 2.75. The van der Waals surface area contributed by atoms with Crippen LogP contribution in [-0.2, 0) is 0 Å². The molecule has 0 unspecified atom stereocenters. The van der Waals surface area contributed by atoms with Gasteiger partial charge < -0.3 is 0 Å². The Morgan fingerprint density at radius 2 is 2.00 bits per heavy atom. The number of nitrogens with zero attached hydrogens (tertiary/aromatic N) is 1. The molecule has 7 heavy (non-hydrogen) atoms. The van der Waals surface area contributed by atoms with Crippen molar-refractivity contribution in [1.29, 1.82) is 0 Å². The van der Waals surface area contributed by atoms with Crippen molar-refractivity contribution in [2.45, 2.75) is 6.55 Å². The highest BCUT2D eigenvalue weighted by Crippen LogP contribution is 1.96. The first kappa shape index (κ1) is 6.75. The van der Waals surface area contributed by atoms with E-state index in [4.69, 9.17) is 0 Å². The normalized spacial score (nSPS) is 11.1. The van der Waals surface area contributed by atoms with Crippen LogP contribution in [0.25, 0.3) is 0 Å². The van der Waals surface area contributed by atoms with E-state index < -0.39 is 13.3 Å². The van der Waals surface area contributed by atoms with E-state index in [9.17, 15) is 13.2 Å². The molecule has 44 valence electrons. The van der Waals surface area contributed by atoms with Gasteiger partial charge in [0.2, 0.25) is 0 Å². The van der Waals surface area contributed by atoms with E-state index in [1.807, 2.05) is 0 Å². The van der Waals surface area contributed by atoms with Crippen molar-refractivity contribution in [2.24, 2.45) is 0 Å². The van der Waals surface area contributed by atoms with E-state index in [1.165, 1.54) is 0 Å². The van der Waals surface area contributed by atoms with Crippen LogP contribution in [0.2, 0.25) is 0 Å². The molecule has 0 aliphatic carbocycles. The Labute approximate surface area is 39.7 Å². The maximum atomic E-state index is 11.1. The second kappa shape index (κ2) is 2.85. The second-order valence-electron chi connectivity index (χ2n) is 1.15. The smallest absolute Gasteiger partial charge is 0.234 e. The van der Waals surface area contributed by atoms with Crippen molar-refractivity contribution < 1.29 is 13.2 Å². The molecule has 0 atom stereocenters. The maximum Gasteiger partial charge on any atom is 0.296 e. The number of halogens is 3. The zero-order valence-corrected chi connectivity index (χ0v) is 3.87. The van der Waals surface area contributed by atoms with Gasteiger partial charge in [0.05, 0.1) is 0 Å². The zero-order chi connectivity index (χ0) is 5.86. The van der Waals surface area contributed by atoms with Gasteiger partial charge in [-0.2, -0.15) is 8.78 Å². The molecule has 4 heteroatoms. The standard InChI is InChI=1S/C3H6F3N/c1-7(2-4)3(5)6/h3H,2H2,1H3. The lowest BCUT2D eigenvalue weighted by atomic mass is 10.9. The average Bonchev–Trinajstić information content (AvgIpc) is 1.65. The largest absolute Gasteiger partial charge is 0.296 e. The molecular formula is C3H6F3N. The minimum absolute atomic E-state index is 0.292. The quantitative estimate of drug-likeness (QED) is 0.484. The van der Waals surface area contributed by atoms with Crippen molar-refractivity contribution in [2.75, 3.05) is 13.8 Å². The van der Waals surface area contributed by atoms with E-state index in [2.05, 4.69) is 0 Å². The summed E-state index contributed by atoms with van der Waals surface area (Å²) in [6.07, 6.45) is 0. The summed E-state index contributed by atoms with van der Waals surface area (Å²) in [4.78, 5) is 0.292. The molecule has 0 aromatic heterocycles. The van der Waals surface area contributed by atoms with E-state index in [1.54, 1.807) is 0 Å². The van der Waals surface area contributed by atoms with E-state index >= 15 is 0 Å². The molecule has 0 aromatic rings. The summed E-state index contributed by atoms with van der Waals surface area (Å²) in [7, 11) is 1.00. The number of hydrogen-bond acceptors (Lipinski definition) is 1. The molecule has 0 spiro atoms. The Hall–Kier alpha value is -0.250. The third kappa shape index (κ3) is 2.45. The van der Waals surface area contributed by atoms with Gasteiger partial charge in [0.25, 0.3) is 6.55 Å². The van der Waals surface area contributed by atoms with Crippen molar-refractivity contribution in [3.8, 4) is 0 Å². The predicted octanol–water partition coefficient (Wildman–Crippen LogP) is 1.07. The summed E-state index contributed by atoms with van der Waals surface area (Å²) in [6.45, 7) is -3.78. The Bertz CT molecular complexity index is 47.4. The molecule has 0 aromatic carbocycles. The fourth-order valence-electron chi connectivity index (χ4n) is 0.0522. The van der Waals surface area contributed by atoms with Crippen molar-refractivity contribution >= 4 is 0 Å². The number of hydrogen-bond donors (Lipinski definition) is 0. The van der Waals surface area contributed by atoms with Crippen LogP contribution in [0.4, 0.5) is 13.2 Å². The summed E-state index contributed by atoms with van der Waals surface area (Å²) in [5.74, 6) is 0. The fourth-order valence-corrected chi connectivity index (χ4v) is 0.0522. The van der Waals surface area contributed by atoms with Gasteiger partial charge >= 0.3 is 0 Å². The summed E-state index contributed by atoms with van der Waals surface area (Å²) in [5.41, 5.74) is 0. The SMILES string of the molecule is CN(CF)C(F)F. The minimum Gasteiger partial charge on any atom is -0.234 e. The number of rotatable bonds is 2. The van der Waals surface area contributed by atoms with Crippen LogP contribution in [-0.4, -0.2) is 25.3 Å². The summed E-state index contributed by atoms with van der Waals surface area (Å²) in [5, 5.41) is 0. The molecule has 0 saturated carbocycles. The van der Waals surface area contributed by atoms with Crippen LogP contribution in [0, 0.1) is 0 Å². The molecule has 0 rings (SSSR count). The van der Waals surface area contributed by atoms with Crippen LogP contribution >= 0.6 is 0 Å². The first-order chi connectivity index (χ1) is 3.18. The molecule has 0 aliphatic rings. The summed E-state index contributed by atoms with van der Waals surface area (Å²) < 4.78 is 33.3. The van der Waals surface area contributed by atoms with Crippen molar-refractivity contribution in [3.63, 3.8) is 0 Å². The first-order valence-electron chi connectivity index (χ1n) is 1.73. The molecule has 0 heterocycles. The molecular weight excluding hydrogens is 107 g/mol. The third-order valence-corrected chi connectivity index (χ3v) is 0.522. The van der Waals surface area contributed by atoms with Gasteiger partial charge in [0, 0.05) is 0 Å². The predicted molar refractivity (Wildman–Crippen MR) is 19.7 cm³/mol. The van der Waals surface area contributed by atoms with Gasteiger partial charge in [-0.05, 0) is 7.05 Å².